The quantitative estimate of drug-likeness (QED) is 0.671. The third-order valence-corrected chi connectivity index (χ3v) is 5.33. The summed E-state index contributed by atoms with van der Waals surface area (Å²) in [5, 5.41) is 2.79. The Labute approximate surface area is 171 Å². The van der Waals surface area contributed by atoms with Gasteiger partial charge in [0.2, 0.25) is 15.9 Å². The van der Waals surface area contributed by atoms with E-state index in [9.17, 15) is 17.6 Å². The molecular weight excluding hydrogens is 395 g/mol. The van der Waals surface area contributed by atoms with Gasteiger partial charge in [-0.05, 0) is 62.2 Å². The SMILES string of the molecule is CC[C@H](C(=O)NCc1cccc(OC(C)C)c1)N(c1ccc(F)cc1)S(C)(=O)=O. The second kappa shape index (κ2) is 9.73. The van der Waals surface area contributed by atoms with Crippen LogP contribution in [0.4, 0.5) is 10.1 Å². The van der Waals surface area contributed by atoms with Crippen molar-refractivity contribution in [2.45, 2.75) is 45.9 Å². The Balaban J connectivity index is 2.18. The van der Waals surface area contributed by atoms with Gasteiger partial charge in [0.25, 0.3) is 0 Å². The van der Waals surface area contributed by atoms with Crippen molar-refractivity contribution in [1.82, 2.24) is 5.32 Å². The second-order valence-corrected chi connectivity index (χ2v) is 8.85. The van der Waals surface area contributed by atoms with Crippen LogP contribution in [0.2, 0.25) is 0 Å². The third kappa shape index (κ3) is 6.45. The van der Waals surface area contributed by atoms with Gasteiger partial charge in [-0.3, -0.25) is 9.10 Å². The van der Waals surface area contributed by atoms with Gasteiger partial charge in [0, 0.05) is 6.54 Å². The van der Waals surface area contributed by atoms with E-state index in [2.05, 4.69) is 5.32 Å². The zero-order valence-corrected chi connectivity index (χ0v) is 17.9. The molecule has 0 fully saturated rings. The number of anilines is 1. The summed E-state index contributed by atoms with van der Waals surface area (Å²) >= 11 is 0. The van der Waals surface area contributed by atoms with E-state index in [4.69, 9.17) is 4.74 Å². The topological polar surface area (TPSA) is 75.7 Å². The van der Waals surface area contributed by atoms with Crippen molar-refractivity contribution >= 4 is 21.6 Å². The summed E-state index contributed by atoms with van der Waals surface area (Å²) in [5.41, 5.74) is 1.07. The number of nitrogens with zero attached hydrogens (tertiary/aromatic N) is 1. The monoisotopic (exact) mass is 422 g/mol. The molecule has 0 aliphatic heterocycles. The van der Waals surface area contributed by atoms with E-state index < -0.39 is 27.8 Å². The normalized spacial score (nSPS) is 12.5. The van der Waals surface area contributed by atoms with Gasteiger partial charge in [0.05, 0.1) is 18.0 Å². The molecule has 0 saturated carbocycles. The first-order chi connectivity index (χ1) is 13.6. The molecular formula is C21H27FN2O4S. The van der Waals surface area contributed by atoms with Crippen molar-refractivity contribution in [2.75, 3.05) is 10.6 Å². The van der Waals surface area contributed by atoms with E-state index in [1.54, 1.807) is 6.92 Å². The molecule has 0 spiro atoms. The molecule has 2 rings (SSSR count). The highest BCUT2D eigenvalue weighted by Gasteiger charge is 2.31. The molecule has 8 heteroatoms. The van der Waals surface area contributed by atoms with Gasteiger partial charge in [0.1, 0.15) is 17.6 Å². The summed E-state index contributed by atoms with van der Waals surface area (Å²) in [6, 6.07) is 11.4. The first kappa shape index (κ1) is 22.7. The molecule has 0 heterocycles. The largest absolute Gasteiger partial charge is 0.491 e. The number of sulfonamides is 1. The fourth-order valence-electron chi connectivity index (χ4n) is 2.96. The maximum atomic E-state index is 13.3. The lowest BCUT2D eigenvalue weighted by Crippen LogP contribution is -2.49. The van der Waals surface area contributed by atoms with Crippen LogP contribution in [0.1, 0.15) is 32.8 Å². The highest BCUT2D eigenvalue weighted by atomic mass is 32.2. The average Bonchev–Trinajstić information content (AvgIpc) is 2.64. The number of hydrogen-bond donors (Lipinski definition) is 1. The van der Waals surface area contributed by atoms with Gasteiger partial charge >= 0.3 is 0 Å². The smallest absolute Gasteiger partial charge is 0.244 e. The molecule has 0 radical (unpaired) electrons. The summed E-state index contributed by atoms with van der Waals surface area (Å²) in [7, 11) is -3.76. The van der Waals surface area contributed by atoms with Crippen LogP contribution >= 0.6 is 0 Å². The summed E-state index contributed by atoms with van der Waals surface area (Å²) in [6.45, 7) is 5.81. The molecule has 2 aromatic carbocycles. The van der Waals surface area contributed by atoms with E-state index in [1.807, 2.05) is 38.1 Å². The van der Waals surface area contributed by atoms with E-state index >= 15 is 0 Å². The molecule has 0 saturated heterocycles. The van der Waals surface area contributed by atoms with Crippen LogP contribution in [0, 0.1) is 5.82 Å². The Morgan fingerprint density at radius 1 is 1.17 bits per heavy atom. The highest BCUT2D eigenvalue weighted by Crippen LogP contribution is 2.23. The van der Waals surface area contributed by atoms with Crippen LogP contribution in [0.15, 0.2) is 48.5 Å². The zero-order valence-electron chi connectivity index (χ0n) is 17.1. The lowest BCUT2D eigenvalue weighted by Gasteiger charge is -2.30. The van der Waals surface area contributed by atoms with E-state index in [1.165, 1.54) is 24.3 Å². The maximum Gasteiger partial charge on any atom is 0.244 e. The van der Waals surface area contributed by atoms with Crippen molar-refractivity contribution in [2.24, 2.45) is 0 Å². The molecule has 0 aliphatic carbocycles. The minimum Gasteiger partial charge on any atom is -0.491 e. The highest BCUT2D eigenvalue weighted by molar-refractivity contribution is 7.92. The second-order valence-electron chi connectivity index (χ2n) is 6.99. The van der Waals surface area contributed by atoms with Crippen molar-refractivity contribution in [3.8, 4) is 5.75 Å². The summed E-state index contributed by atoms with van der Waals surface area (Å²) < 4.78 is 44.7. The van der Waals surface area contributed by atoms with Gasteiger partial charge in [0.15, 0.2) is 0 Å². The fourth-order valence-corrected chi connectivity index (χ4v) is 4.17. The fraction of sp³-hybridized carbons (Fsp3) is 0.381. The van der Waals surface area contributed by atoms with Gasteiger partial charge < -0.3 is 10.1 Å². The van der Waals surface area contributed by atoms with Crippen molar-refractivity contribution in [3.63, 3.8) is 0 Å². The molecule has 1 atom stereocenters. The van der Waals surface area contributed by atoms with Crippen molar-refractivity contribution < 1.29 is 22.3 Å². The summed E-state index contributed by atoms with van der Waals surface area (Å²) in [5.74, 6) is -0.219. The number of halogens is 1. The molecule has 1 N–H and O–H groups in total. The summed E-state index contributed by atoms with van der Waals surface area (Å²) in [6.07, 6.45) is 1.31. The molecule has 0 bridgehead atoms. The lowest BCUT2D eigenvalue weighted by molar-refractivity contribution is -0.122. The zero-order chi connectivity index (χ0) is 21.6. The van der Waals surface area contributed by atoms with Crippen molar-refractivity contribution in [3.05, 3.63) is 59.9 Å². The van der Waals surface area contributed by atoms with Crippen LogP contribution in [0.5, 0.6) is 5.75 Å². The Kier molecular flexibility index (Phi) is 7.61. The molecule has 2 aromatic rings. The number of ether oxygens (including phenoxy) is 1. The van der Waals surface area contributed by atoms with Gasteiger partial charge in [-0.1, -0.05) is 19.1 Å². The van der Waals surface area contributed by atoms with E-state index in [-0.39, 0.29) is 24.8 Å². The Hall–Kier alpha value is -2.61. The predicted molar refractivity (Wildman–Crippen MR) is 112 cm³/mol. The summed E-state index contributed by atoms with van der Waals surface area (Å²) in [4.78, 5) is 12.8. The van der Waals surface area contributed by atoms with Crippen LogP contribution in [0.3, 0.4) is 0 Å². The van der Waals surface area contributed by atoms with Gasteiger partial charge in [-0.25, -0.2) is 12.8 Å². The minimum absolute atomic E-state index is 0.0309. The standard InChI is InChI=1S/C21H27FN2O4S/c1-5-20(24(29(4,26)27)18-11-9-17(22)10-12-18)21(25)23-14-16-7-6-8-19(13-16)28-15(2)3/h6-13,15,20H,5,14H2,1-4H3,(H,23,25)/t20-/m1/s1. The van der Waals surface area contributed by atoms with Gasteiger partial charge in [-0.2, -0.15) is 0 Å². The Morgan fingerprint density at radius 2 is 1.83 bits per heavy atom. The average molecular weight is 423 g/mol. The van der Waals surface area contributed by atoms with Gasteiger partial charge in [-0.15, -0.1) is 0 Å². The Bertz CT molecular complexity index is 930. The lowest BCUT2D eigenvalue weighted by atomic mass is 10.1. The number of carbonyl (C=O) groups is 1. The Morgan fingerprint density at radius 3 is 2.38 bits per heavy atom. The van der Waals surface area contributed by atoms with E-state index in [0.29, 0.717) is 5.75 Å². The predicted octanol–water partition coefficient (Wildman–Crippen LogP) is 3.47. The molecule has 1 amide bonds. The van der Waals surface area contributed by atoms with Crippen molar-refractivity contribution in [1.29, 1.82) is 0 Å². The number of carbonyl (C=O) groups excluding carboxylic acids is 1. The number of amides is 1. The van der Waals surface area contributed by atoms with Crippen LogP contribution in [0.25, 0.3) is 0 Å². The number of benzene rings is 2. The third-order valence-electron chi connectivity index (χ3n) is 4.15. The molecule has 29 heavy (non-hydrogen) atoms. The maximum absolute atomic E-state index is 13.3. The number of hydrogen-bond acceptors (Lipinski definition) is 4. The van der Waals surface area contributed by atoms with Crippen LogP contribution < -0.4 is 14.4 Å². The van der Waals surface area contributed by atoms with Crippen LogP contribution in [-0.2, 0) is 21.4 Å². The number of nitrogens with one attached hydrogen (secondary N) is 1. The molecule has 0 aliphatic rings. The minimum atomic E-state index is -3.76. The first-order valence-corrected chi connectivity index (χ1v) is 11.2. The molecule has 0 unspecified atom stereocenters. The number of rotatable bonds is 9. The molecule has 158 valence electrons. The van der Waals surface area contributed by atoms with E-state index in [0.717, 1.165) is 16.1 Å². The molecule has 6 nitrogen and oxygen atoms in total. The first-order valence-electron chi connectivity index (χ1n) is 9.40. The molecule has 0 aromatic heterocycles. The van der Waals surface area contributed by atoms with Crippen LogP contribution in [-0.4, -0.2) is 32.7 Å².